The van der Waals surface area contributed by atoms with Gasteiger partial charge in [0, 0.05) is 6.61 Å². The number of nitrogens with one attached hydrogen (secondary N) is 1. The maximum atomic E-state index is 9.82. The van der Waals surface area contributed by atoms with Crippen molar-refractivity contribution in [2.45, 2.75) is 18.4 Å². The number of hydrogen-bond acceptors (Lipinski definition) is 7. The second kappa shape index (κ2) is 4.22. The summed E-state index contributed by atoms with van der Waals surface area (Å²) in [5.41, 5.74) is 0.506. The molecule has 2 N–H and O–H groups in total. The lowest BCUT2D eigenvalue weighted by molar-refractivity contribution is -0.0149. The van der Waals surface area contributed by atoms with Crippen LogP contribution in [0.3, 0.4) is 0 Å². The first-order valence-electron chi connectivity index (χ1n) is 5.30. The lowest BCUT2D eigenvalue weighted by atomic mass is 9.99. The van der Waals surface area contributed by atoms with Crippen LogP contribution in [0.1, 0.15) is 18.2 Å². The van der Waals surface area contributed by atoms with Gasteiger partial charge < -0.3 is 14.4 Å². The van der Waals surface area contributed by atoms with Crippen molar-refractivity contribution >= 4 is 0 Å². The molecule has 0 aliphatic carbocycles. The Kier molecular flexibility index (Phi) is 2.57. The van der Waals surface area contributed by atoms with E-state index < -0.39 is 6.10 Å². The second-order valence-corrected chi connectivity index (χ2v) is 3.85. The molecule has 1 saturated heterocycles. The Hall–Kier alpha value is -1.80. The van der Waals surface area contributed by atoms with Crippen LogP contribution in [-0.2, 0) is 4.74 Å². The van der Waals surface area contributed by atoms with Crippen LogP contribution in [0.2, 0.25) is 0 Å². The Bertz CT molecular complexity index is 483. The summed E-state index contributed by atoms with van der Waals surface area (Å²) in [4.78, 5) is 4.19. The van der Waals surface area contributed by atoms with Gasteiger partial charge in [-0.05, 0) is 6.42 Å². The number of hydrogen-bond donors (Lipinski definition) is 2. The van der Waals surface area contributed by atoms with Crippen molar-refractivity contribution in [1.29, 1.82) is 0 Å². The number of aliphatic hydroxyl groups is 1. The summed E-state index contributed by atoms with van der Waals surface area (Å²) in [6.07, 6.45) is 1.57. The smallest absolute Gasteiger partial charge is 0.235 e. The third-order valence-corrected chi connectivity index (χ3v) is 2.72. The fourth-order valence-electron chi connectivity index (χ4n) is 1.76. The van der Waals surface area contributed by atoms with Gasteiger partial charge in [-0.1, -0.05) is 5.16 Å². The molecule has 2 atom stereocenters. The van der Waals surface area contributed by atoms with E-state index in [4.69, 9.17) is 9.26 Å². The first-order chi connectivity index (χ1) is 8.34. The number of ether oxygens (including phenoxy) is 1. The lowest BCUT2D eigenvalue weighted by Gasteiger charge is -2.24. The quantitative estimate of drug-likeness (QED) is 0.738. The van der Waals surface area contributed by atoms with Crippen molar-refractivity contribution < 1.29 is 14.4 Å². The summed E-state index contributed by atoms with van der Waals surface area (Å²) in [6.45, 7) is 0.948. The summed E-state index contributed by atoms with van der Waals surface area (Å²) in [7, 11) is 0. The Labute approximate surface area is 96.0 Å². The standard InChI is InChI=1S/C9H11N5O3/c15-7-1-2-16-4-5(7)9-11-8(13-17-9)6-3-10-14-12-6/h3,5,7,15H,1-2,4H2,(H,10,12,14). The molecule has 1 aliphatic heterocycles. The van der Waals surface area contributed by atoms with E-state index in [1.165, 1.54) is 6.20 Å². The third kappa shape index (κ3) is 1.92. The van der Waals surface area contributed by atoms with E-state index in [-0.39, 0.29) is 5.92 Å². The predicted molar refractivity (Wildman–Crippen MR) is 53.9 cm³/mol. The van der Waals surface area contributed by atoms with Crippen LogP contribution in [0.15, 0.2) is 10.7 Å². The van der Waals surface area contributed by atoms with E-state index in [0.29, 0.717) is 37.0 Å². The zero-order valence-corrected chi connectivity index (χ0v) is 8.91. The van der Waals surface area contributed by atoms with Crippen LogP contribution in [0.4, 0.5) is 0 Å². The van der Waals surface area contributed by atoms with Crippen LogP contribution in [0, 0.1) is 0 Å². The van der Waals surface area contributed by atoms with Crippen molar-refractivity contribution in [1.82, 2.24) is 25.6 Å². The molecule has 8 heteroatoms. The minimum Gasteiger partial charge on any atom is -0.392 e. The molecular formula is C9H11N5O3. The van der Waals surface area contributed by atoms with Gasteiger partial charge in [0.25, 0.3) is 0 Å². The van der Waals surface area contributed by atoms with Crippen molar-refractivity contribution in [3.05, 3.63) is 12.1 Å². The van der Waals surface area contributed by atoms with Crippen molar-refractivity contribution in [3.8, 4) is 11.5 Å². The van der Waals surface area contributed by atoms with Gasteiger partial charge in [-0.2, -0.15) is 20.4 Å². The molecular weight excluding hydrogens is 226 g/mol. The molecule has 8 nitrogen and oxygen atoms in total. The molecule has 17 heavy (non-hydrogen) atoms. The molecule has 0 spiro atoms. The van der Waals surface area contributed by atoms with E-state index in [2.05, 4.69) is 25.6 Å². The predicted octanol–water partition coefficient (Wildman–Crippen LogP) is -0.281. The molecule has 1 aliphatic rings. The van der Waals surface area contributed by atoms with Crippen molar-refractivity contribution in [3.63, 3.8) is 0 Å². The normalized spacial score (nSPS) is 25.0. The fourth-order valence-corrected chi connectivity index (χ4v) is 1.76. The molecule has 3 rings (SSSR count). The van der Waals surface area contributed by atoms with Gasteiger partial charge in [0.2, 0.25) is 11.7 Å². The molecule has 0 bridgehead atoms. The van der Waals surface area contributed by atoms with E-state index in [1.807, 2.05) is 0 Å². The Morgan fingerprint density at radius 2 is 2.41 bits per heavy atom. The van der Waals surface area contributed by atoms with Crippen LogP contribution < -0.4 is 0 Å². The number of aromatic nitrogens is 5. The summed E-state index contributed by atoms with van der Waals surface area (Å²) in [5.74, 6) is 0.457. The molecule has 0 radical (unpaired) electrons. The summed E-state index contributed by atoms with van der Waals surface area (Å²) >= 11 is 0. The highest BCUT2D eigenvalue weighted by molar-refractivity contribution is 5.44. The topological polar surface area (TPSA) is 110 Å². The first-order valence-corrected chi connectivity index (χ1v) is 5.30. The summed E-state index contributed by atoms with van der Waals surface area (Å²) < 4.78 is 10.4. The lowest BCUT2D eigenvalue weighted by Crippen LogP contribution is -2.30. The van der Waals surface area contributed by atoms with Crippen molar-refractivity contribution in [2.24, 2.45) is 0 Å². The van der Waals surface area contributed by atoms with Crippen LogP contribution >= 0.6 is 0 Å². The van der Waals surface area contributed by atoms with Gasteiger partial charge >= 0.3 is 0 Å². The maximum absolute atomic E-state index is 9.82. The first kappa shape index (κ1) is 10.4. The van der Waals surface area contributed by atoms with Crippen LogP contribution in [0.25, 0.3) is 11.5 Å². The van der Waals surface area contributed by atoms with E-state index in [1.54, 1.807) is 0 Å². The Morgan fingerprint density at radius 1 is 1.47 bits per heavy atom. The largest absolute Gasteiger partial charge is 0.392 e. The molecule has 0 saturated carbocycles. The van der Waals surface area contributed by atoms with E-state index in [9.17, 15) is 5.11 Å². The zero-order chi connectivity index (χ0) is 11.7. The average molecular weight is 237 g/mol. The zero-order valence-electron chi connectivity index (χ0n) is 8.91. The number of aromatic amines is 1. The molecule has 90 valence electrons. The molecule has 3 heterocycles. The molecule has 2 unspecified atom stereocenters. The summed E-state index contributed by atoms with van der Waals surface area (Å²) in [5, 5.41) is 23.6. The van der Waals surface area contributed by atoms with E-state index in [0.717, 1.165) is 0 Å². The van der Waals surface area contributed by atoms with E-state index >= 15 is 0 Å². The van der Waals surface area contributed by atoms with Gasteiger partial charge in [-0.15, -0.1) is 0 Å². The van der Waals surface area contributed by atoms with Gasteiger partial charge in [-0.3, -0.25) is 0 Å². The molecule has 1 fully saturated rings. The fraction of sp³-hybridized carbons (Fsp3) is 0.556. The van der Waals surface area contributed by atoms with Gasteiger partial charge in [0.1, 0.15) is 0 Å². The number of H-pyrrole nitrogens is 1. The number of aliphatic hydroxyl groups excluding tert-OH is 1. The van der Waals surface area contributed by atoms with Crippen LogP contribution in [0.5, 0.6) is 0 Å². The third-order valence-electron chi connectivity index (χ3n) is 2.72. The maximum Gasteiger partial charge on any atom is 0.235 e. The van der Waals surface area contributed by atoms with Gasteiger partial charge in [0.05, 0.1) is 24.8 Å². The molecule has 0 aromatic carbocycles. The SMILES string of the molecule is OC1CCOCC1c1nc(-c2cn[nH]n2)no1. The number of rotatable bonds is 2. The molecule has 0 amide bonds. The minimum atomic E-state index is -0.505. The number of nitrogens with zero attached hydrogens (tertiary/aromatic N) is 4. The van der Waals surface area contributed by atoms with Gasteiger partial charge in [0.15, 0.2) is 5.69 Å². The monoisotopic (exact) mass is 237 g/mol. The highest BCUT2D eigenvalue weighted by Crippen LogP contribution is 2.25. The molecule has 2 aromatic rings. The average Bonchev–Trinajstić information content (AvgIpc) is 3.00. The Balaban J connectivity index is 1.84. The van der Waals surface area contributed by atoms with Crippen LogP contribution in [-0.4, -0.2) is 50.0 Å². The minimum absolute atomic E-state index is 0.267. The highest BCUT2D eigenvalue weighted by Gasteiger charge is 2.30. The summed E-state index contributed by atoms with van der Waals surface area (Å²) in [6, 6.07) is 0. The molecule has 2 aromatic heterocycles. The van der Waals surface area contributed by atoms with Gasteiger partial charge in [-0.25, -0.2) is 0 Å². The Morgan fingerprint density at radius 3 is 3.18 bits per heavy atom. The van der Waals surface area contributed by atoms with Crippen molar-refractivity contribution in [2.75, 3.05) is 13.2 Å². The highest BCUT2D eigenvalue weighted by atomic mass is 16.5. The second-order valence-electron chi connectivity index (χ2n) is 3.85.